The Bertz CT molecular complexity index is 1060. The molecule has 0 unspecified atom stereocenters. The number of rotatable bonds is 2. The van der Waals surface area contributed by atoms with Crippen molar-refractivity contribution in [2.45, 2.75) is 33.1 Å². The standard InChI is InChI=1S/C22H21FN2O/c1-13-9-15(20-11-21(26)25(3)12-24-20)10-14(2)22(13)18-7-8-19(23)17-6-4-5-16(17)18/h7-12H,4-6H2,1-3H3. The average Bonchev–Trinajstić information content (AvgIpc) is 3.09. The summed E-state index contributed by atoms with van der Waals surface area (Å²) in [6.07, 6.45) is 4.31. The maximum atomic E-state index is 14.1. The third-order valence-corrected chi connectivity index (χ3v) is 5.30. The fraction of sp³-hybridized carbons (Fsp3) is 0.273. The number of benzene rings is 2. The number of fused-ring (bicyclic) bond motifs is 1. The van der Waals surface area contributed by atoms with Crippen LogP contribution in [0.5, 0.6) is 0 Å². The Labute approximate surface area is 152 Å². The van der Waals surface area contributed by atoms with Gasteiger partial charge in [-0.3, -0.25) is 4.79 Å². The first kappa shape index (κ1) is 16.7. The minimum atomic E-state index is -0.0856. The molecule has 4 rings (SSSR count). The van der Waals surface area contributed by atoms with Gasteiger partial charge in [0.1, 0.15) is 5.82 Å². The van der Waals surface area contributed by atoms with Crippen LogP contribution in [0, 0.1) is 19.7 Å². The molecule has 0 bridgehead atoms. The van der Waals surface area contributed by atoms with Crippen LogP contribution in [0.4, 0.5) is 4.39 Å². The van der Waals surface area contributed by atoms with Gasteiger partial charge in [0.2, 0.25) is 0 Å². The Morgan fingerprint density at radius 1 is 1.04 bits per heavy atom. The molecule has 0 saturated heterocycles. The molecule has 0 aliphatic heterocycles. The van der Waals surface area contributed by atoms with E-state index in [9.17, 15) is 9.18 Å². The molecule has 26 heavy (non-hydrogen) atoms. The lowest BCUT2D eigenvalue weighted by atomic mass is 9.89. The fourth-order valence-corrected chi connectivity index (χ4v) is 4.05. The summed E-state index contributed by atoms with van der Waals surface area (Å²) in [6.45, 7) is 4.13. The molecule has 132 valence electrons. The quantitative estimate of drug-likeness (QED) is 0.690. The second kappa shape index (κ2) is 6.20. The van der Waals surface area contributed by atoms with Gasteiger partial charge in [0.15, 0.2) is 0 Å². The lowest BCUT2D eigenvalue weighted by Crippen LogP contribution is -2.15. The number of aromatic nitrogens is 2. The van der Waals surface area contributed by atoms with Gasteiger partial charge in [-0.05, 0) is 84.7 Å². The zero-order valence-electron chi connectivity index (χ0n) is 15.3. The van der Waals surface area contributed by atoms with Crippen molar-refractivity contribution in [2.24, 2.45) is 7.05 Å². The van der Waals surface area contributed by atoms with Crippen LogP contribution in [0.25, 0.3) is 22.4 Å². The van der Waals surface area contributed by atoms with Crippen LogP contribution < -0.4 is 5.56 Å². The van der Waals surface area contributed by atoms with E-state index < -0.39 is 0 Å². The lowest BCUT2D eigenvalue weighted by Gasteiger charge is -2.16. The molecule has 4 heteroatoms. The van der Waals surface area contributed by atoms with Gasteiger partial charge >= 0.3 is 0 Å². The van der Waals surface area contributed by atoms with E-state index in [0.29, 0.717) is 5.69 Å². The molecule has 0 N–H and O–H groups in total. The van der Waals surface area contributed by atoms with Gasteiger partial charge in [0.25, 0.3) is 5.56 Å². The van der Waals surface area contributed by atoms with Crippen LogP contribution in [0.2, 0.25) is 0 Å². The Morgan fingerprint density at radius 2 is 1.73 bits per heavy atom. The number of hydrogen-bond acceptors (Lipinski definition) is 2. The largest absolute Gasteiger partial charge is 0.302 e. The van der Waals surface area contributed by atoms with E-state index in [1.54, 1.807) is 25.5 Å². The molecule has 0 radical (unpaired) electrons. The van der Waals surface area contributed by atoms with Crippen LogP contribution in [0.15, 0.2) is 41.5 Å². The molecule has 1 aliphatic rings. The smallest absolute Gasteiger partial charge is 0.253 e. The number of nitrogens with zero attached hydrogens (tertiary/aromatic N) is 2. The first-order chi connectivity index (χ1) is 12.5. The van der Waals surface area contributed by atoms with Gasteiger partial charge in [-0.15, -0.1) is 0 Å². The fourth-order valence-electron chi connectivity index (χ4n) is 4.05. The van der Waals surface area contributed by atoms with E-state index in [-0.39, 0.29) is 11.4 Å². The third-order valence-electron chi connectivity index (χ3n) is 5.30. The summed E-state index contributed by atoms with van der Waals surface area (Å²) in [7, 11) is 1.69. The van der Waals surface area contributed by atoms with Crippen LogP contribution in [-0.4, -0.2) is 9.55 Å². The van der Waals surface area contributed by atoms with Crippen LogP contribution in [-0.2, 0) is 19.9 Å². The van der Waals surface area contributed by atoms with E-state index in [1.807, 2.05) is 6.07 Å². The summed E-state index contributed by atoms with van der Waals surface area (Å²) < 4.78 is 15.6. The van der Waals surface area contributed by atoms with Crippen molar-refractivity contribution in [3.05, 3.63) is 75.1 Å². The third kappa shape index (κ3) is 2.66. The summed E-state index contributed by atoms with van der Waals surface area (Å²) >= 11 is 0. The van der Waals surface area contributed by atoms with Crippen molar-refractivity contribution in [3.8, 4) is 22.4 Å². The number of halogens is 1. The zero-order valence-corrected chi connectivity index (χ0v) is 15.3. The van der Waals surface area contributed by atoms with Gasteiger partial charge in [0.05, 0.1) is 12.0 Å². The molecule has 0 atom stereocenters. The second-order valence-corrected chi connectivity index (χ2v) is 7.11. The molecule has 0 spiro atoms. The highest BCUT2D eigenvalue weighted by Crippen LogP contribution is 2.38. The Kier molecular flexibility index (Phi) is 3.98. The Morgan fingerprint density at radius 3 is 2.42 bits per heavy atom. The summed E-state index contributed by atoms with van der Waals surface area (Å²) in [4.78, 5) is 16.3. The Balaban J connectivity index is 1.87. The highest BCUT2D eigenvalue weighted by molar-refractivity contribution is 5.78. The summed E-state index contributed by atoms with van der Waals surface area (Å²) in [5.74, 6) is -0.0856. The van der Waals surface area contributed by atoms with Crippen LogP contribution in [0.1, 0.15) is 28.7 Å². The van der Waals surface area contributed by atoms with Crippen molar-refractivity contribution in [1.82, 2.24) is 9.55 Å². The molecule has 1 aromatic heterocycles. The second-order valence-electron chi connectivity index (χ2n) is 7.11. The van der Waals surface area contributed by atoms with E-state index in [1.165, 1.54) is 4.57 Å². The molecule has 0 amide bonds. The molecular weight excluding hydrogens is 327 g/mol. The number of aryl methyl sites for hydroxylation is 3. The average molecular weight is 348 g/mol. The molecule has 1 aliphatic carbocycles. The predicted octanol–water partition coefficient (Wildman–Crippen LogP) is 4.36. The van der Waals surface area contributed by atoms with Crippen molar-refractivity contribution in [1.29, 1.82) is 0 Å². The van der Waals surface area contributed by atoms with E-state index in [0.717, 1.165) is 58.2 Å². The van der Waals surface area contributed by atoms with E-state index in [4.69, 9.17) is 0 Å². The highest BCUT2D eigenvalue weighted by atomic mass is 19.1. The minimum Gasteiger partial charge on any atom is -0.302 e. The van der Waals surface area contributed by atoms with E-state index >= 15 is 0 Å². The van der Waals surface area contributed by atoms with Gasteiger partial charge in [-0.2, -0.15) is 0 Å². The van der Waals surface area contributed by atoms with Crippen LogP contribution in [0.3, 0.4) is 0 Å². The molecular formula is C22H21FN2O. The molecule has 3 aromatic rings. The van der Waals surface area contributed by atoms with Crippen LogP contribution >= 0.6 is 0 Å². The van der Waals surface area contributed by atoms with Crippen molar-refractivity contribution in [2.75, 3.05) is 0 Å². The predicted molar refractivity (Wildman–Crippen MR) is 102 cm³/mol. The minimum absolute atomic E-state index is 0.0780. The molecule has 2 aromatic carbocycles. The van der Waals surface area contributed by atoms with Crippen molar-refractivity contribution >= 4 is 0 Å². The first-order valence-electron chi connectivity index (χ1n) is 8.90. The summed E-state index contributed by atoms with van der Waals surface area (Å²) in [6, 6.07) is 9.19. The molecule has 0 fully saturated rings. The number of hydrogen-bond donors (Lipinski definition) is 0. The van der Waals surface area contributed by atoms with Crippen molar-refractivity contribution in [3.63, 3.8) is 0 Å². The summed E-state index contributed by atoms with van der Waals surface area (Å²) in [5.41, 5.74) is 8.08. The Hall–Kier alpha value is -2.75. The maximum Gasteiger partial charge on any atom is 0.253 e. The normalized spacial score (nSPS) is 13.1. The van der Waals surface area contributed by atoms with Gasteiger partial charge in [-0.1, -0.05) is 6.07 Å². The van der Waals surface area contributed by atoms with Gasteiger partial charge < -0.3 is 4.57 Å². The maximum absolute atomic E-state index is 14.1. The zero-order chi connectivity index (χ0) is 18.4. The topological polar surface area (TPSA) is 34.9 Å². The van der Waals surface area contributed by atoms with Gasteiger partial charge in [-0.25, -0.2) is 9.37 Å². The first-order valence-corrected chi connectivity index (χ1v) is 8.90. The molecule has 3 nitrogen and oxygen atoms in total. The highest BCUT2D eigenvalue weighted by Gasteiger charge is 2.21. The monoisotopic (exact) mass is 348 g/mol. The van der Waals surface area contributed by atoms with Crippen molar-refractivity contribution < 1.29 is 4.39 Å². The van der Waals surface area contributed by atoms with Gasteiger partial charge in [0, 0.05) is 18.7 Å². The molecule has 0 saturated carbocycles. The SMILES string of the molecule is Cc1cc(-c2cc(=O)n(C)cn2)cc(C)c1-c1ccc(F)c2c1CCC2. The summed E-state index contributed by atoms with van der Waals surface area (Å²) in [5, 5.41) is 0. The lowest BCUT2D eigenvalue weighted by molar-refractivity contribution is 0.613. The molecule has 1 heterocycles. The van der Waals surface area contributed by atoms with E-state index in [2.05, 4.69) is 31.0 Å².